The number of amides is 4. The number of methoxy groups -OCH3 is 1. The molecule has 0 radical (unpaired) electrons. The molecule has 18 heteroatoms. The average molecular weight is 789 g/mol. The number of anilines is 4. The fourth-order valence-corrected chi connectivity index (χ4v) is 7.47. The molecule has 15 nitrogen and oxygen atoms in total. The topological polar surface area (TPSA) is 180 Å². The Morgan fingerprint density at radius 1 is 0.930 bits per heavy atom. The van der Waals surface area contributed by atoms with E-state index in [1.165, 1.54) is 10.9 Å². The maximum atomic E-state index is 13.1. The molecule has 5 heterocycles. The summed E-state index contributed by atoms with van der Waals surface area (Å²) < 4.78 is 46.5. The number of ether oxygens (including phenoxy) is 1. The van der Waals surface area contributed by atoms with Crippen LogP contribution in [0.1, 0.15) is 52.4 Å². The van der Waals surface area contributed by atoms with Gasteiger partial charge in [0.05, 0.1) is 30.4 Å². The van der Waals surface area contributed by atoms with Crippen molar-refractivity contribution in [2.45, 2.75) is 37.9 Å². The molecule has 4 amide bonds. The van der Waals surface area contributed by atoms with Crippen LogP contribution in [0.5, 0.6) is 5.75 Å². The van der Waals surface area contributed by atoms with Gasteiger partial charge < -0.3 is 30.9 Å². The first-order valence-electron chi connectivity index (χ1n) is 18.7. The van der Waals surface area contributed by atoms with Crippen LogP contribution in [0.3, 0.4) is 0 Å². The summed E-state index contributed by atoms with van der Waals surface area (Å²) in [5.41, 5.74) is 6.88. The zero-order valence-electron chi connectivity index (χ0n) is 31.2. The van der Waals surface area contributed by atoms with Gasteiger partial charge in [-0.25, -0.2) is 9.67 Å². The molecule has 3 aliphatic heterocycles. The highest BCUT2D eigenvalue weighted by molar-refractivity contribution is 6.07. The van der Waals surface area contributed by atoms with Gasteiger partial charge in [-0.15, -0.1) is 0 Å². The summed E-state index contributed by atoms with van der Waals surface area (Å²) >= 11 is 0. The number of nitrogens with two attached hydrogens (primary N) is 1. The van der Waals surface area contributed by atoms with Crippen LogP contribution in [0, 0.1) is 5.92 Å². The van der Waals surface area contributed by atoms with E-state index in [-0.39, 0.29) is 23.2 Å². The van der Waals surface area contributed by atoms with Gasteiger partial charge in [0.25, 0.3) is 11.8 Å². The summed E-state index contributed by atoms with van der Waals surface area (Å²) in [4.78, 5) is 59.2. The third-order valence-corrected chi connectivity index (χ3v) is 10.6. The number of carbonyl (C=O) groups is 4. The van der Waals surface area contributed by atoms with Crippen molar-refractivity contribution in [3.63, 3.8) is 0 Å². The number of alkyl halides is 3. The predicted octanol–water partition coefficient (Wildman–Crippen LogP) is 3.90. The van der Waals surface area contributed by atoms with Gasteiger partial charge in [-0.05, 0) is 73.7 Å². The number of hydrogen-bond acceptors (Lipinski definition) is 11. The van der Waals surface area contributed by atoms with E-state index in [9.17, 15) is 32.3 Å². The van der Waals surface area contributed by atoms with Gasteiger partial charge in [-0.3, -0.25) is 29.4 Å². The zero-order valence-corrected chi connectivity index (χ0v) is 31.2. The van der Waals surface area contributed by atoms with Gasteiger partial charge in [0, 0.05) is 69.7 Å². The summed E-state index contributed by atoms with van der Waals surface area (Å²) in [6.45, 7) is 6.38. The van der Waals surface area contributed by atoms with Gasteiger partial charge in [0.15, 0.2) is 5.69 Å². The summed E-state index contributed by atoms with van der Waals surface area (Å²) in [6, 6.07) is 15.9. The Labute approximate surface area is 326 Å². The second-order valence-corrected chi connectivity index (χ2v) is 14.3. The van der Waals surface area contributed by atoms with Crippen molar-refractivity contribution < 1.29 is 37.1 Å². The number of primary amides is 1. The van der Waals surface area contributed by atoms with E-state index in [4.69, 9.17) is 10.5 Å². The third kappa shape index (κ3) is 9.12. The molecule has 2 aromatic carbocycles. The Kier molecular flexibility index (Phi) is 11.3. The molecule has 3 saturated heterocycles. The lowest BCUT2D eigenvalue weighted by Crippen LogP contribution is -2.49. The Balaban J connectivity index is 0.892. The number of pyridine rings is 1. The monoisotopic (exact) mass is 788 g/mol. The SMILES string of the molecule is COc1cc(NC2CCC(=O)NC2=O)ccc1N1CCC(CN2CCN(c3ccc(-n4cc(NC(=O)c5cccc(C(F)(F)F)n5)c(C(N)=O)n4)cc3)CC2)CC1. The molecule has 4 aromatic rings. The molecular weight excluding hydrogens is 745 g/mol. The fraction of sp³-hybridized carbons (Fsp3) is 0.385. The lowest BCUT2D eigenvalue weighted by Gasteiger charge is -2.40. The van der Waals surface area contributed by atoms with E-state index in [0.29, 0.717) is 24.4 Å². The number of piperidine rings is 2. The molecule has 1 atom stereocenters. The number of piperazine rings is 1. The molecule has 2 aromatic heterocycles. The molecule has 3 fully saturated rings. The Bertz CT molecular complexity index is 2130. The van der Waals surface area contributed by atoms with Crippen LogP contribution in [-0.2, 0) is 15.8 Å². The largest absolute Gasteiger partial charge is 0.495 e. The molecule has 3 aliphatic rings. The molecule has 300 valence electrons. The summed E-state index contributed by atoms with van der Waals surface area (Å²) in [7, 11) is 1.64. The number of nitrogens with zero attached hydrogens (tertiary/aromatic N) is 6. The molecule has 57 heavy (non-hydrogen) atoms. The average Bonchev–Trinajstić information content (AvgIpc) is 3.63. The van der Waals surface area contributed by atoms with Crippen molar-refractivity contribution in [1.82, 2.24) is 25.0 Å². The van der Waals surface area contributed by atoms with Gasteiger partial charge in [-0.2, -0.15) is 18.3 Å². The van der Waals surface area contributed by atoms with E-state index in [1.807, 2.05) is 42.5 Å². The van der Waals surface area contributed by atoms with Crippen LogP contribution in [0.4, 0.5) is 35.9 Å². The molecule has 0 saturated carbocycles. The number of halogens is 3. The number of hydrogen-bond donors (Lipinski definition) is 4. The minimum Gasteiger partial charge on any atom is -0.495 e. The smallest absolute Gasteiger partial charge is 0.433 e. The van der Waals surface area contributed by atoms with Gasteiger partial charge >= 0.3 is 6.18 Å². The van der Waals surface area contributed by atoms with Crippen LogP contribution >= 0.6 is 0 Å². The van der Waals surface area contributed by atoms with Gasteiger partial charge in [0.2, 0.25) is 11.8 Å². The molecule has 0 spiro atoms. The summed E-state index contributed by atoms with van der Waals surface area (Å²) in [5.74, 6) is -1.13. The van der Waals surface area contributed by atoms with Crippen LogP contribution in [0.25, 0.3) is 5.69 Å². The van der Waals surface area contributed by atoms with E-state index in [0.717, 1.165) is 99.7 Å². The molecule has 0 bridgehead atoms. The Morgan fingerprint density at radius 2 is 1.65 bits per heavy atom. The molecule has 7 rings (SSSR count). The number of aromatic nitrogens is 3. The predicted molar refractivity (Wildman–Crippen MR) is 206 cm³/mol. The first kappa shape index (κ1) is 39.1. The molecule has 1 unspecified atom stereocenters. The van der Waals surface area contributed by atoms with E-state index in [2.05, 4.69) is 40.7 Å². The molecule has 5 N–H and O–H groups in total. The van der Waals surface area contributed by atoms with Crippen LogP contribution in [0.15, 0.2) is 66.9 Å². The maximum absolute atomic E-state index is 13.1. The Hall–Kier alpha value is -6.17. The minimum absolute atomic E-state index is 0.0625. The van der Waals surface area contributed by atoms with Crippen molar-refractivity contribution in [2.75, 3.05) is 73.4 Å². The van der Waals surface area contributed by atoms with E-state index in [1.54, 1.807) is 7.11 Å². The maximum Gasteiger partial charge on any atom is 0.433 e. The molecular formula is C39H43F3N10O5. The van der Waals surface area contributed by atoms with Crippen LogP contribution in [-0.4, -0.2) is 102 Å². The van der Waals surface area contributed by atoms with E-state index < -0.39 is 35.4 Å². The van der Waals surface area contributed by atoms with Crippen molar-refractivity contribution in [2.24, 2.45) is 11.7 Å². The first-order valence-corrected chi connectivity index (χ1v) is 18.7. The molecule has 0 aliphatic carbocycles. The Morgan fingerprint density at radius 3 is 2.32 bits per heavy atom. The van der Waals surface area contributed by atoms with Crippen LogP contribution < -0.4 is 36.2 Å². The standard InChI is InChI=1S/C39H43F3N10O5/c1-57-32-21-25(44-29-10-12-34(53)47-38(29)56)5-11-31(32)51-15-13-24(14-16-51)22-49-17-19-50(20-18-49)26-6-8-27(9-7-26)52-23-30(35(48-52)36(43)54)46-37(55)28-3-2-4-33(45-28)39(40,41)42/h2-9,11,21,23-24,29,44H,10,12-20,22H2,1H3,(H2,43,54)(H,46,55)(H,47,53,56). The van der Waals surface area contributed by atoms with Crippen molar-refractivity contribution in [1.29, 1.82) is 0 Å². The van der Waals surface area contributed by atoms with Crippen molar-refractivity contribution >= 4 is 46.4 Å². The lowest BCUT2D eigenvalue weighted by atomic mass is 9.95. The lowest BCUT2D eigenvalue weighted by molar-refractivity contribution is -0.141. The highest BCUT2D eigenvalue weighted by Crippen LogP contribution is 2.35. The number of rotatable bonds is 11. The second kappa shape index (κ2) is 16.5. The quantitative estimate of drug-likeness (QED) is 0.162. The van der Waals surface area contributed by atoms with Crippen molar-refractivity contribution in [3.05, 3.63) is 83.9 Å². The summed E-state index contributed by atoms with van der Waals surface area (Å²) in [6.07, 6.45) is -0.487. The zero-order chi connectivity index (χ0) is 40.3. The van der Waals surface area contributed by atoms with Gasteiger partial charge in [0.1, 0.15) is 23.2 Å². The third-order valence-electron chi connectivity index (χ3n) is 10.6. The number of imide groups is 1. The highest BCUT2D eigenvalue weighted by Gasteiger charge is 2.33. The fourth-order valence-electron chi connectivity index (χ4n) is 7.47. The first-order chi connectivity index (χ1) is 27.3. The van der Waals surface area contributed by atoms with E-state index >= 15 is 0 Å². The minimum atomic E-state index is -4.73. The summed E-state index contributed by atoms with van der Waals surface area (Å²) in [5, 5.41) is 12.2. The number of carbonyl (C=O) groups excluding carboxylic acids is 4. The number of nitrogens with one attached hydrogen (secondary N) is 3. The van der Waals surface area contributed by atoms with Crippen molar-refractivity contribution in [3.8, 4) is 11.4 Å². The number of benzene rings is 2. The van der Waals surface area contributed by atoms with Gasteiger partial charge in [-0.1, -0.05) is 6.07 Å². The highest BCUT2D eigenvalue weighted by atomic mass is 19.4. The second-order valence-electron chi connectivity index (χ2n) is 14.3. The van der Waals surface area contributed by atoms with Crippen LogP contribution in [0.2, 0.25) is 0 Å². The normalized spacial score (nSPS) is 18.3.